The number of benzene rings is 2. The first-order valence-electron chi connectivity index (χ1n) is 9.79. The number of anilines is 2. The number of nitrogens with one attached hydrogen (secondary N) is 2. The van der Waals surface area contributed by atoms with Crippen molar-refractivity contribution in [3.8, 4) is 17.0 Å². The van der Waals surface area contributed by atoms with Gasteiger partial charge in [0.15, 0.2) is 0 Å². The number of ether oxygens (including phenoxy) is 1. The second kappa shape index (κ2) is 9.71. The van der Waals surface area contributed by atoms with Gasteiger partial charge in [-0.25, -0.2) is 4.68 Å². The molecular formula is C23H24N4O4. The third-order valence-electron chi connectivity index (χ3n) is 4.49. The summed E-state index contributed by atoms with van der Waals surface area (Å²) in [6.45, 7) is 3.15. The van der Waals surface area contributed by atoms with Gasteiger partial charge in [0.1, 0.15) is 18.0 Å². The Morgan fingerprint density at radius 1 is 1.03 bits per heavy atom. The van der Waals surface area contributed by atoms with Crippen molar-refractivity contribution in [3.05, 3.63) is 71.0 Å². The smallest absolute Gasteiger partial charge is 0.291 e. The lowest BCUT2D eigenvalue weighted by molar-refractivity contribution is -0.119. The molecule has 0 saturated heterocycles. The summed E-state index contributed by atoms with van der Waals surface area (Å²) in [6, 6.07) is 17.6. The Kier molecular flexibility index (Phi) is 6.81. The van der Waals surface area contributed by atoms with E-state index < -0.39 is 11.5 Å². The van der Waals surface area contributed by atoms with Crippen molar-refractivity contribution in [1.82, 2.24) is 9.78 Å². The van der Waals surface area contributed by atoms with Crippen molar-refractivity contribution >= 4 is 23.2 Å². The topological polar surface area (TPSA) is 102 Å². The number of methoxy groups -OCH3 is 1. The van der Waals surface area contributed by atoms with E-state index in [1.165, 1.54) is 6.07 Å². The minimum atomic E-state index is -0.557. The van der Waals surface area contributed by atoms with E-state index in [0.717, 1.165) is 10.2 Å². The first-order chi connectivity index (χ1) is 14.9. The van der Waals surface area contributed by atoms with Crippen LogP contribution in [0, 0.1) is 5.92 Å². The Labute approximate surface area is 179 Å². The van der Waals surface area contributed by atoms with Gasteiger partial charge in [-0.15, -0.1) is 0 Å². The summed E-state index contributed by atoms with van der Waals surface area (Å²) >= 11 is 0. The predicted molar refractivity (Wildman–Crippen MR) is 119 cm³/mol. The molecule has 160 valence electrons. The summed E-state index contributed by atoms with van der Waals surface area (Å²) in [5.41, 5.74) is 1.30. The third kappa shape index (κ3) is 5.57. The Bertz CT molecular complexity index is 1120. The highest BCUT2D eigenvalue weighted by atomic mass is 16.5. The van der Waals surface area contributed by atoms with Gasteiger partial charge >= 0.3 is 0 Å². The van der Waals surface area contributed by atoms with Crippen molar-refractivity contribution < 1.29 is 14.3 Å². The number of hydrogen-bond donors (Lipinski definition) is 2. The van der Waals surface area contributed by atoms with Gasteiger partial charge in [0, 0.05) is 17.2 Å². The molecule has 0 aliphatic carbocycles. The van der Waals surface area contributed by atoms with Gasteiger partial charge in [0.05, 0.1) is 12.8 Å². The molecule has 2 N–H and O–H groups in total. The van der Waals surface area contributed by atoms with Crippen LogP contribution < -0.4 is 20.9 Å². The number of carbonyl (C=O) groups is 2. The molecule has 0 unspecified atom stereocenters. The molecule has 31 heavy (non-hydrogen) atoms. The van der Waals surface area contributed by atoms with E-state index in [4.69, 9.17) is 4.74 Å². The zero-order chi connectivity index (χ0) is 22.4. The number of rotatable bonds is 7. The molecule has 0 aliphatic heterocycles. The van der Waals surface area contributed by atoms with E-state index in [9.17, 15) is 14.4 Å². The first-order valence-corrected chi connectivity index (χ1v) is 9.79. The lowest BCUT2D eigenvalue weighted by atomic mass is 10.1. The fourth-order valence-electron chi connectivity index (χ4n) is 2.78. The van der Waals surface area contributed by atoms with Crippen LogP contribution in [0.3, 0.4) is 0 Å². The molecule has 0 fully saturated rings. The maximum atomic E-state index is 12.9. The molecule has 2 aromatic carbocycles. The summed E-state index contributed by atoms with van der Waals surface area (Å²) in [7, 11) is 1.56. The fraction of sp³-hybridized carbons (Fsp3) is 0.217. The number of nitrogens with zero attached hydrogens (tertiary/aromatic N) is 2. The summed E-state index contributed by atoms with van der Waals surface area (Å²) in [5.74, 6) is -0.362. The highest BCUT2D eigenvalue weighted by Gasteiger charge is 2.16. The second-order valence-corrected chi connectivity index (χ2v) is 7.19. The van der Waals surface area contributed by atoms with Gasteiger partial charge in [0.2, 0.25) is 11.8 Å². The van der Waals surface area contributed by atoms with Gasteiger partial charge in [-0.05, 0) is 30.3 Å². The minimum absolute atomic E-state index is 0.0739. The van der Waals surface area contributed by atoms with Crippen molar-refractivity contribution in [2.75, 3.05) is 17.7 Å². The van der Waals surface area contributed by atoms with Crippen molar-refractivity contribution in [2.24, 2.45) is 5.92 Å². The highest BCUT2D eigenvalue weighted by molar-refractivity contribution is 5.93. The molecule has 8 nitrogen and oxygen atoms in total. The fourth-order valence-corrected chi connectivity index (χ4v) is 2.78. The first kappa shape index (κ1) is 21.8. The van der Waals surface area contributed by atoms with Crippen LogP contribution in [-0.4, -0.2) is 28.7 Å². The van der Waals surface area contributed by atoms with E-state index in [-0.39, 0.29) is 24.1 Å². The lowest BCUT2D eigenvalue weighted by Crippen LogP contribution is -2.33. The molecule has 1 aromatic heterocycles. The molecule has 0 bridgehead atoms. The van der Waals surface area contributed by atoms with Crippen LogP contribution in [-0.2, 0) is 16.1 Å². The Balaban J connectivity index is 1.90. The van der Waals surface area contributed by atoms with Gasteiger partial charge < -0.3 is 15.4 Å². The number of carbonyl (C=O) groups excluding carboxylic acids is 2. The van der Waals surface area contributed by atoms with Crippen LogP contribution in [0.5, 0.6) is 5.75 Å². The number of amides is 2. The van der Waals surface area contributed by atoms with Crippen molar-refractivity contribution in [2.45, 2.75) is 20.4 Å². The normalized spacial score (nSPS) is 10.6. The van der Waals surface area contributed by atoms with Crippen molar-refractivity contribution in [1.29, 1.82) is 0 Å². The van der Waals surface area contributed by atoms with Crippen LogP contribution >= 0.6 is 0 Å². The molecule has 8 heteroatoms. The number of hydrogen-bond acceptors (Lipinski definition) is 5. The van der Waals surface area contributed by atoms with E-state index in [2.05, 4.69) is 15.7 Å². The quantitative estimate of drug-likeness (QED) is 0.611. The third-order valence-corrected chi connectivity index (χ3v) is 4.49. The Hall–Kier alpha value is -3.94. The van der Waals surface area contributed by atoms with Gasteiger partial charge in [0.25, 0.3) is 5.56 Å². The molecule has 0 radical (unpaired) electrons. The van der Waals surface area contributed by atoms with Crippen LogP contribution in [0.15, 0.2) is 65.5 Å². The summed E-state index contributed by atoms with van der Waals surface area (Å²) in [6.07, 6.45) is 0. The van der Waals surface area contributed by atoms with E-state index >= 15 is 0 Å². The Morgan fingerprint density at radius 3 is 2.32 bits per heavy atom. The maximum absolute atomic E-state index is 12.9. The highest BCUT2D eigenvalue weighted by Crippen LogP contribution is 2.18. The molecule has 0 spiro atoms. The van der Waals surface area contributed by atoms with E-state index in [1.54, 1.807) is 45.2 Å². The molecular weight excluding hydrogens is 396 g/mol. The van der Waals surface area contributed by atoms with Crippen LogP contribution in [0.2, 0.25) is 0 Å². The average Bonchev–Trinajstić information content (AvgIpc) is 2.77. The monoisotopic (exact) mass is 420 g/mol. The summed E-state index contributed by atoms with van der Waals surface area (Å²) in [4.78, 5) is 37.6. The average molecular weight is 420 g/mol. The zero-order valence-corrected chi connectivity index (χ0v) is 17.6. The molecule has 0 aliphatic rings. The largest absolute Gasteiger partial charge is 0.497 e. The van der Waals surface area contributed by atoms with E-state index in [0.29, 0.717) is 17.1 Å². The number of aromatic nitrogens is 2. The minimum Gasteiger partial charge on any atom is -0.497 e. The molecule has 3 rings (SSSR count). The standard InChI is InChI=1S/C23H24N4O4/c1-15(2)22(29)25-20-13-19(16-7-5-4-6-8-16)26-27(23(20)30)14-21(28)24-17-9-11-18(31-3)12-10-17/h4-13,15H,14H2,1-3H3,(H,24,28)(H,25,29). The lowest BCUT2D eigenvalue weighted by Gasteiger charge is -2.13. The molecule has 2 amide bonds. The maximum Gasteiger partial charge on any atom is 0.291 e. The molecule has 0 atom stereocenters. The van der Waals surface area contributed by atoms with Crippen LogP contribution in [0.25, 0.3) is 11.3 Å². The molecule has 1 heterocycles. The predicted octanol–water partition coefficient (Wildman–Crippen LogP) is 3.15. The second-order valence-electron chi connectivity index (χ2n) is 7.19. The SMILES string of the molecule is COc1ccc(NC(=O)Cn2nc(-c3ccccc3)cc(NC(=O)C(C)C)c2=O)cc1. The van der Waals surface area contributed by atoms with Gasteiger partial charge in [-0.1, -0.05) is 44.2 Å². The Morgan fingerprint density at radius 2 is 1.71 bits per heavy atom. The molecule has 3 aromatic rings. The van der Waals surface area contributed by atoms with Crippen LogP contribution in [0.4, 0.5) is 11.4 Å². The van der Waals surface area contributed by atoms with Gasteiger partial charge in [-0.2, -0.15) is 5.10 Å². The molecule has 0 saturated carbocycles. The van der Waals surface area contributed by atoms with Crippen molar-refractivity contribution in [3.63, 3.8) is 0 Å². The van der Waals surface area contributed by atoms with Crippen LogP contribution in [0.1, 0.15) is 13.8 Å². The van der Waals surface area contributed by atoms with Gasteiger partial charge in [-0.3, -0.25) is 14.4 Å². The van der Waals surface area contributed by atoms with E-state index in [1.807, 2.05) is 30.3 Å². The zero-order valence-electron chi connectivity index (χ0n) is 17.6. The summed E-state index contributed by atoms with van der Waals surface area (Å²) in [5, 5.41) is 9.70. The summed E-state index contributed by atoms with van der Waals surface area (Å²) < 4.78 is 6.15.